The number of esters is 2. The summed E-state index contributed by atoms with van der Waals surface area (Å²) < 4.78 is 11.0. The largest absolute Gasteiger partial charge is 0.460 e. The highest BCUT2D eigenvalue weighted by Crippen LogP contribution is 2.33. The molecule has 0 bridgehead atoms. The van der Waals surface area contributed by atoms with Crippen molar-refractivity contribution in [3.63, 3.8) is 0 Å². The fraction of sp³-hybridized carbons (Fsp3) is 0.333. The van der Waals surface area contributed by atoms with Crippen LogP contribution >= 0.6 is 0 Å². The van der Waals surface area contributed by atoms with E-state index in [1.54, 1.807) is 0 Å². The van der Waals surface area contributed by atoms with Crippen LogP contribution in [0.2, 0.25) is 0 Å². The topological polar surface area (TPSA) is 64.6 Å². The van der Waals surface area contributed by atoms with Crippen LogP contribution in [-0.4, -0.2) is 25.0 Å². The monoisotopic (exact) mass is 353 g/mol. The van der Waals surface area contributed by atoms with E-state index in [1.165, 1.54) is 0 Å². The van der Waals surface area contributed by atoms with E-state index in [1.807, 2.05) is 60.7 Å². The summed E-state index contributed by atoms with van der Waals surface area (Å²) >= 11 is 0. The van der Waals surface area contributed by atoms with Crippen LogP contribution in [0, 0.1) is 5.41 Å². The van der Waals surface area contributed by atoms with Gasteiger partial charge in [-0.2, -0.15) is 0 Å². The van der Waals surface area contributed by atoms with E-state index < -0.39 is 17.4 Å². The summed E-state index contributed by atoms with van der Waals surface area (Å²) in [6.45, 7) is 1.48. The fourth-order valence-electron chi connectivity index (χ4n) is 3.07. The van der Waals surface area contributed by atoms with Gasteiger partial charge in [-0.1, -0.05) is 60.7 Å². The molecule has 0 aliphatic carbocycles. The molecule has 2 aromatic carbocycles. The third-order valence-electron chi connectivity index (χ3n) is 4.66. The predicted octanol–water partition coefficient (Wildman–Crippen LogP) is 2.84. The van der Waals surface area contributed by atoms with Crippen LogP contribution in [0.4, 0.5) is 0 Å². The van der Waals surface area contributed by atoms with E-state index in [4.69, 9.17) is 9.47 Å². The first kappa shape index (κ1) is 18.1. The quantitative estimate of drug-likeness (QED) is 0.639. The minimum atomic E-state index is -1.23. The number of ether oxygens (including phenoxy) is 2. The zero-order valence-electron chi connectivity index (χ0n) is 14.6. The molecule has 0 unspecified atom stereocenters. The number of carbonyl (C=O) groups is 2. The number of benzene rings is 2. The number of hydrogen-bond donors (Lipinski definition) is 1. The molecule has 1 heterocycles. The number of hydrogen-bond acceptors (Lipinski definition) is 5. The van der Waals surface area contributed by atoms with Crippen molar-refractivity contribution in [3.05, 3.63) is 71.8 Å². The Balaban J connectivity index is 1.66. The molecule has 1 aliphatic rings. The average molecular weight is 353 g/mol. The van der Waals surface area contributed by atoms with E-state index in [0.717, 1.165) is 11.1 Å². The van der Waals surface area contributed by atoms with Crippen molar-refractivity contribution in [3.8, 4) is 0 Å². The lowest BCUT2D eigenvalue weighted by molar-refractivity contribution is -0.176. The van der Waals surface area contributed by atoms with Gasteiger partial charge in [-0.3, -0.25) is 9.59 Å². The number of piperidine rings is 1. The molecule has 0 radical (unpaired) electrons. The van der Waals surface area contributed by atoms with Gasteiger partial charge in [-0.05, 0) is 37.1 Å². The first-order valence-corrected chi connectivity index (χ1v) is 8.84. The van der Waals surface area contributed by atoms with Crippen molar-refractivity contribution in [2.45, 2.75) is 26.1 Å². The Bertz CT molecular complexity index is 667. The van der Waals surface area contributed by atoms with Gasteiger partial charge in [0.15, 0.2) is 5.41 Å². The smallest absolute Gasteiger partial charge is 0.323 e. The summed E-state index contributed by atoms with van der Waals surface area (Å²) in [5.41, 5.74) is 0.555. The summed E-state index contributed by atoms with van der Waals surface area (Å²) in [6, 6.07) is 18.9. The van der Waals surface area contributed by atoms with Gasteiger partial charge < -0.3 is 14.8 Å². The van der Waals surface area contributed by atoms with Gasteiger partial charge in [0.2, 0.25) is 0 Å². The van der Waals surface area contributed by atoms with Crippen molar-refractivity contribution in [2.75, 3.05) is 13.1 Å². The van der Waals surface area contributed by atoms with Crippen LogP contribution in [0.5, 0.6) is 0 Å². The Morgan fingerprint density at radius 1 is 0.769 bits per heavy atom. The van der Waals surface area contributed by atoms with Crippen molar-refractivity contribution in [1.29, 1.82) is 0 Å². The van der Waals surface area contributed by atoms with Crippen molar-refractivity contribution < 1.29 is 19.1 Å². The Hall–Kier alpha value is -2.66. The van der Waals surface area contributed by atoms with Gasteiger partial charge >= 0.3 is 11.9 Å². The SMILES string of the molecule is O=C(OCc1ccccc1)C1(C(=O)OCc2ccccc2)CCNCC1. The van der Waals surface area contributed by atoms with Gasteiger partial charge in [0, 0.05) is 0 Å². The number of carbonyl (C=O) groups excluding carboxylic acids is 2. The van der Waals surface area contributed by atoms with Crippen LogP contribution < -0.4 is 5.32 Å². The molecule has 0 amide bonds. The molecule has 5 heteroatoms. The zero-order valence-corrected chi connectivity index (χ0v) is 14.6. The molecule has 5 nitrogen and oxygen atoms in total. The van der Waals surface area contributed by atoms with Crippen LogP contribution in [0.3, 0.4) is 0 Å². The Kier molecular flexibility index (Phi) is 6.02. The summed E-state index contributed by atoms with van der Waals surface area (Å²) in [5.74, 6) is -0.998. The molecule has 3 rings (SSSR count). The fourth-order valence-corrected chi connectivity index (χ4v) is 3.07. The molecule has 2 aromatic rings. The lowest BCUT2D eigenvalue weighted by Gasteiger charge is -2.33. The first-order valence-electron chi connectivity index (χ1n) is 8.84. The second kappa shape index (κ2) is 8.63. The minimum Gasteiger partial charge on any atom is -0.460 e. The second-order valence-corrected chi connectivity index (χ2v) is 6.46. The van der Waals surface area contributed by atoms with Crippen molar-refractivity contribution in [1.82, 2.24) is 5.32 Å². The lowest BCUT2D eigenvalue weighted by atomic mass is 9.79. The van der Waals surface area contributed by atoms with Crippen LogP contribution in [0.15, 0.2) is 60.7 Å². The third-order valence-corrected chi connectivity index (χ3v) is 4.66. The van der Waals surface area contributed by atoms with Crippen LogP contribution in [-0.2, 0) is 32.3 Å². The van der Waals surface area contributed by atoms with E-state index in [-0.39, 0.29) is 13.2 Å². The Labute approximate surface area is 153 Å². The number of nitrogens with one attached hydrogen (secondary N) is 1. The van der Waals surface area contributed by atoms with Gasteiger partial charge in [0.1, 0.15) is 13.2 Å². The second-order valence-electron chi connectivity index (χ2n) is 6.46. The number of rotatable bonds is 6. The summed E-state index contributed by atoms with van der Waals surface area (Å²) in [6.07, 6.45) is 0.766. The predicted molar refractivity (Wildman–Crippen MR) is 97.0 cm³/mol. The molecule has 0 aromatic heterocycles. The summed E-state index contributed by atoms with van der Waals surface area (Å²) in [5, 5.41) is 3.18. The maximum Gasteiger partial charge on any atom is 0.323 e. The van der Waals surface area contributed by atoms with Gasteiger partial charge in [-0.25, -0.2) is 0 Å². The molecule has 26 heavy (non-hydrogen) atoms. The Morgan fingerprint density at radius 2 is 1.19 bits per heavy atom. The summed E-state index contributed by atoms with van der Waals surface area (Å²) in [4.78, 5) is 25.6. The van der Waals surface area contributed by atoms with E-state index in [9.17, 15) is 9.59 Å². The molecule has 1 aliphatic heterocycles. The molecular formula is C21H23NO4. The standard InChI is InChI=1S/C21H23NO4/c23-19(25-15-17-7-3-1-4-8-17)21(11-13-22-14-12-21)20(24)26-16-18-9-5-2-6-10-18/h1-10,22H,11-16H2. The molecule has 1 saturated heterocycles. The van der Waals surface area contributed by atoms with Gasteiger partial charge in [-0.15, -0.1) is 0 Å². The molecule has 0 atom stereocenters. The molecular weight excluding hydrogens is 330 g/mol. The van der Waals surface area contributed by atoms with E-state index in [0.29, 0.717) is 25.9 Å². The molecule has 0 spiro atoms. The minimum absolute atomic E-state index is 0.154. The third kappa shape index (κ3) is 4.29. The van der Waals surface area contributed by atoms with Crippen LogP contribution in [0.1, 0.15) is 24.0 Å². The molecule has 1 N–H and O–H groups in total. The van der Waals surface area contributed by atoms with E-state index in [2.05, 4.69) is 5.32 Å². The molecule has 136 valence electrons. The van der Waals surface area contributed by atoms with Gasteiger partial charge in [0.25, 0.3) is 0 Å². The van der Waals surface area contributed by atoms with Gasteiger partial charge in [0.05, 0.1) is 0 Å². The summed E-state index contributed by atoms with van der Waals surface area (Å²) in [7, 11) is 0. The highest BCUT2D eigenvalue weighted by molar-refractivity contribution is 6.00. The highest BCUT2D eigenvalue weighted by atomic mass is 16.6. The maximum absolute atomic E-state index is 12.8. The average Bonchev–Trinajstić information content (AvgIpc) is 2.72. The highest BCUT2D eigenvalue weighted by Gasteiger charge is 2.49. The maximum atomic E-state index is 12.8. The molecule has 0 saturated carbocycles. The molecule has 1 fully saturated rings. The normalized spacial score (nSPS) is 15.8. The first-order chi connectivity index (χ1) is 12.7. The lowest BCUT2D eigenvalue weighted by Crippen LogP contribution is -2.49. The Morgan fingerprint density at radius 3 is 1.62 bits per heavy atom. The van der Waals surface area contributed by atoms with E-state index >= 15 is 0 Å². The van der Waals surface area contributed by atoms with Crippen LogP contribution in [0.25, 0.3) is 0 Å². The van der Waals surface area contributed by atoms with Crippen molar-refractivity contribution in [2.24, 2.45) is 5.41 Å². The van der Waals surface area contributed by atoms with Crippen molar-refractivity contribution >= 4 is 11.9 Å². The zero-order chi connectivity index (χ0) is 18.2.